The summed E-state index contributed by atoms with van der Waals surface area (Å²) < 4.78 is 0. The molecule has 0 spiro atoms. The molecule has 0 N–H and O–H groups in total. The molecule has 1 aliphatic rings. The van der Waals surface area contributed by atoms with Crippen molar-refractivity contribution in [2.75, 3.05) is 7.05 Å². The number of hydrogen-bond donors (Lipinski definition) is 0. The maximum absolute atomic E-state index is 9.47. The van der Waals surface area contributed by atoms with E-state index in [2.05, 4.69) is 37.9 Å². The van der Waals surface area contributed by atoms with Gasteiger partial charge < -0.3 is 0 Å². The smallest absolute Gasteiger partial charge is 0.0672 e. The van der Waals surface area contributed by atoms with Crippen LogP contribution in [-0.2, 0) is 0 Å². The van der Waals surface area contributed by atoms with Gasteiger partial charge in [-0.05, 0) is 56.8 Å². The molecule has 114 valence electrons. The number of nitriles is 1. The Balaban J connectivity index is 2.16. The summed E-state index contributed by atoms with van der Waals surface area (Å²) in [6, 6.07) is 11.2. The van der Waals surface area contributed by atoms with Crippen molar-refractivity contribution >= 4 is 11.6 Å². The van der Waals surface area contributed by atoms with Crippen molar-refractivity contribution in [3.05, 3.63) is 34.9 Å². The van der Waals surface area contributed by atoms with E-state index in [0.29, 0.717) is 6.04 Å². The van der Waals surface area contributed by atoms with Crippen molar-refractivity contribution in [2.24, 2.45) is 11.8 Å². The van der Waals surface area contributed by atoms with Crippen molar-refractivity contribution in [2.45, 2.75) is 51.6 Å². The molecule has 2 nitrogen and oxygen atoms in total. The Morgan fingerprint density at radius 1 is 1.43 bits per heavy atom. The van der Waals surface area contributed by atoms with E-state index in [1.54, 1.807) is 0 Å². The lowest BCUT2D eigenvalue weighted by molar-refractivity contribution is 0.0921. The van der Waals surface area contributed by atoms with Gasteiger partial charge in [0.25, 0.3) is 0 Å². The van der Waals surface area contributed by atoms with E-state index in [1.807, 2.05) is 18.2 Å². The zero-order valence-electron chi connectivity index (χ0n) is 13.2. The molecule has 0 amide bonds. The first-order valence-electron chi connectivity index (χ1n) is 7.93. The monoisotopic (exact) mass is 304 g/mol. The predicted octanol–water partition coefficient (Wildman–Crippen LogP) is 5.05. The summed E-state index contributed by atoms with van der Waals surface area (Å²) in [5, 5.41) is 10.2. The zero-order chi connectivity index (χ0) is 15.4. The Morgan fingerprint density at radius 2 is 2.19 bits per heavy atom. The van der Waals surface area contributed by atoms with E-state index in [9.17, 15) is 5.26 Å². The van der Waals surface area contributed by atoms with E-state index in [0.717, 1.165) is 23.8 Å². The summed E-state index contributed by atoms with van der Waals surface area (Å²) in [5.74, 6) is 0.910. The minimum Gasteiger partial charge on any atom is -0.295 e. The molecule has 1 saturated carbocycles. The number of hydrogen-bond acceptors (Lipinski definition) is 2. The Labute approximate surface area is 133 Å². The van der Waals surface area contributed by atoms with Crippen molar-refractivity contribution in [3.8, 4) is 6.07 Å². The Hall–Kier alpha value is -1.04. The summed E-state index contributed by atoms with van der Waals surface area (Å²) >= 11 is 6.11. The van der Waals surface area contributed by atoms with Crippen LogP contribution < -0.4 is 0 Å². The molecule has 0 aromatic heterocycles. The van der Waals surface area contributed by atoms with Gasteiger partial charge >= 0.3 is 0 Å². The number of rotatable bonds is 4. The summed E-state index contributed by atoms with van der Waals surface area (Å²) in [7, 11) is 2.15. The topological polar surface area (TPSA) is 27.0 Å². The summed E-state index contributed by atoms with van der Waals surface area (Å²) in [4.78, 5) is 2.38. The lowest BCUT2D eigenvalue weighted by Crippen LogP contribution is -2.43. The van der Waals surface area contributed by atoms with Gasteiger partial charge in [0.05, 0.1) is 12.0 Å². The Morgan fingerprint density at radius 3 is 2.81 bits per heavy atom. The fourth-order valence-electron chi connectivity index (χ4n) is 3.49. The maximum Gasteiger partial charge on any atom is 0.0672 e. The lowest BCUT2D eigenvalue weighted by Gasteiger charge is -2.41. The van der Waals surface area contributed by atoms with E-state index >= 15 is 0 Å². The fraction of sp³-hybridized carbons (Fsp3) is 0.611. The van der Waals surface area contributed by atoms with Crippen molar-refractivity contribution in [3.63, 3.8) is 0 Å². The molecule has 2 rings (SSSR count). The minimum absolute atomic E-state index is 0.152. The second kappa shape index (κ2) is 7.29. The molecule has 0 heterocycles. The molecule has 1 fully saturated rings. The standard InChI is InChI=1S/C18H25ClN2/c1-4-14-8-9-16(12-20)18(10-14)21(3)13(2)15-6-5-7-17(19)11-15/h5-7,11,13-14,16,18H,4,8-10H2,1-3H3. The van der Waals surface area contributed by atoms with Gasteiger partial charge in [-0.1, -0.05) is 37.1 Å². The van der Waals surface area contributed by atoms with Gasteiger partial charge in [0.15, 0.2) is 0 Å². The molecule has 1 aromatic rings. The first-order chi connectivity index (χ1) is 10.1. The highest BCUT2D eigenvalue weighted by molar-refractivity contribution is 6.30. The van der Waals surface area contributed by atoms with Crippen LogP contribution in [0.2, 0.25) is 5.02 Å². The highest BCUT2D eigenvalue weighted by Crippen LogP contribution is 2.36. The highest BCUT2D eigenvalue weighted by atomic mass is 35.5. The van der Waals surface area contributed by atoms with Crippen LogP contribution in [0, 0.1) is 23.2 Å². The van der Waals surface area contributed by atoms with E-state index in [1.165, 1.54) is 18.4 Å². The van der Waals surface area contributed by atoms with E-state index in [-0.39, 0.29) is 12.0 Å². The quantitative estimate of drug-likeness (QED) is 0.778. The highest BCUT2D eigenvalue weighted by Gasteiger charge is 2.34. The number of benzene rings is 1. The Bertz CT molecular complexity index is 508. The molecule has 3 heteroatoms. The van der Waals surface area contributed by atoms with Gasteiger partial charge in [-0.2, -0.15) is 5.26 Å². The molecule has 21 heavy (non-hydrogen) atoms. The van der Waals surface area contributed by atoms with Crippen molar-refractivity contribution in [1.29, 1.82) is 5.26 Å². The van der Waals surface area contributed by atoms with Crippen LogP contribution in [0.25, 0.3) is 0 Å². The lowest BCUT2D eigenvalue weighted by atomic mass is 9.77. The number of nitrogens with zero attached hydrogens (tertiary/aromatic N) is 2. The molecule has 0 bridgehead atoms. The third-order valence-corrected chi connectivity index (χ3v) is 5.37. The summed E-state index contributed by atoms with van der Waals surface area (Å²) in [5.41, 5.74) is 1.22. The fourth-order valence-corrected chi connectivity index (χ4v) is 3.69. The third kappa shape index (κ3) is 3.78. The van der Waals surface area contributed by atoms with Crippen LogP contribution in [0.1, 0.15) is 51.1 Å². The average molecular weight is 305 g/mol. The zero-order valence-corrected chi connectivity index (χ0v) is 14.0. The van der Waals surface area contributed by atoms with Crippen LogP contribution in [0.15, 0.2) is 24.3 Å². The molecule has 0 aliphatic heterocycles. The third-order valence-electron chi connectivity index (χ3n) is 5.13. The molecule has 4 atom stereocenters. The van der Waals surface area contributed by atoms with Gasteiger partial charge in [-0.25, -0.2) is 0 Å². The first kappa shape index (κ1) is 16.3. The van der Waals surface area contributed by atoms with Gasteiger partial charge in [-0.3, -0.25) is 4.90 Å². The second-order valence-electron chi connectivity index (χ2n) is 6.29. The first-order valence-corrected chi connectivity index (χ1v) is 8.31. The van der Waals surface area contributed by atoms with Gasteiger partial charge in [0.1, 0.15) is 0 Å². The molecule has 1 aliphatic carbocycles. The normalized spacial score (nSPS) is 27.3. The number of halogens is 1. The van der Waals surface area contributed by atoms with Gasteiger partial charge in [0.2, 0.25) is 0 Å². The van der Waals surface area contributed by atoms with Crippen molar-refractivity contribution in [1.82, 2.24) is 4.90 Å². The van der Waals surface area contributed by atoms with Gasteiger partial charge in [-0.15, -0.1) is 0 Å². The van der Waals surface area contributed by atoms with Crippen LogP contribution in [0.3, 0.4) is 0 Å². The van der Waals surface area contributed by atoms with Crippen LogP contribution in [-0.4, -0.2) is 18.0 Å². The van der Waals surface area contributed by atoms with E-state index < -0.39 is 0 Å². The summed E-state index contributed by atoms with van der Waals surface area (Å²) in [6.45, 7) is 4.46. The molecule has 4 unspecified atom stereocenters. The van der Waals surface area contributed by atoms with Gasteiger partial charge in [0, 0.05) is 17.1 Å². The maximum atomic E-state index is 9.47. The molecule has 0 radical (unpaired) electrons. The molecular formula is C18H25ClN2. The molecule has 1 aromatic carbocycles. The van der Waals surface area contributed by atoms with Crippen LogP contribution in [0.4, 0.5) is 0 Å². The minimum atomic E-state index is 0.152. The molecule has 0 saturated heterocycles. The van der Waals surface area contributed by atoms with Crippen LogP contribution in [0.5, 0.6) is 0 Å². The summed E-state index contributed by atoms with van der Waals surface area (Å²) in [6.07, 6.45) is 4.58. The largest absolute Gasteiger partial charge is 0.295 e. The molecular weight excluding hydrogens is 280 g/mol. The predicted molar refractivity (Wildman–Crippen MR) is 88.2 cm³/mol. The Kier molecular flexibility index (Phi) is 5.67. The van der Waals surface area contributed by atoms with Crippen molar-refractivity contribution < 1.29 is 0 Å². The second-order valence-corrected chi connectivity index (χ2v) is 6.72. The SMILES string of the molecule is CCC1CCC(C#N)C(N(C)C(C)c2cccc(Cl)c2)C1. The average Bonchev–Trinajstić information content (AvgIpc) is 2.52. The van der Waals surface area contributed by atoms with E-state index in [4.69, 9.17) is 11.6 Å². The van der Waals surface area contributed by atoms with Crippen LogP contribution >= 0.6 is 11.6 Å².